The van der Waals surface area contributed by atoms with Crippen molar-refractivity contribution in [3.05, 3.63) is 11.5 Å². The number of rotatable bonds is 9. The van der Waals surface area contributed by atoms with E-state index < -0.39 is 10.0 Å². The van der Waals surface area contributed by atoms with Gasteiger partial charge in [-0.25, -0.2) is 8.42 Å². The number of amides is 1. The highest BCUT2D eigenvalue weighted by atomic mass is 32.2. The molecule has 1 N–H and O–H groups in total. The van der Waals surface area contributed by atoms with E-state index in [-0.39, 0.29) is 28.7 Å². The lowest BCUT2D eigenvalue weighted by atomic mass is 9.85. The fraction of sp³-hybridized carbons (Fsp3) is 0.789. The summed E-state index contributed by atoms with van der Waals surface area (Å²) in [6.45, 7) is 11.2. The number of carbonyl (C=O) groups excluding carboxylic acids is 1. The van der Waals surface area contributed by atoms with Gasteiger partial charge >= 0.3 is 0 Å². The van der Waals surface area contributed by atoms with Crippen molar-refractivity contribution in [3.63, 3.8) is 0 Å². The summed E-state index contributed by atoms with van der Waals surface area (Å²) in [7, 11) is -3.61. The summed E-state index contributed by atoms with van der Waals surface area (Å²) in [5, 5.41) is 6.71. The van der Waals surface area contributed by atoms with Gasteiger partial charge in [0, 0.05) is 32.2 Å². The van der Waals surface area contributed by atoms with Gasteiger partial charge in [-0.3, -0.25) is 4.79 Å². The lowest BCUT2D eigenvalue weighted by molar-refractivity contribution is -0.126. The van der Waals surface area contributed by atoms with Crippen LogP contribution in [0.1, 0.15) is 51.5 Å². The molecule has 0 radical (unpaired) electrons. The monoisotopic (exact) mass is 415 g/mol. The van der Waals surface area contributed by atoms with Crippen molar-refractivity contribution in [3.8, 4) is 0 Å². The van der Waals surface area contributed by atoms with Crippen LogP contribution >= 0.6 is 0 Å². The zero-order chi connectivity index (χ0) is 20.9. The number of nitrogens with zero attached hydrogens (tertiary/aromatic N) is 2. The van der Waals surface area contributed by atoms with Crippen LogP contribution in [-0.2, 0) is 19.6 Å². The molecule has 28 heavy (non-hydrogen) atoms. The van der Waals surface area contributed by atoms with Crippen LogP contribution in [0, 0.1) is 25.7 Å². The van der Waals surface area contributed by atoms with Crippen LogP contribution in [0.3, 0.4) is 0 Å². The summed E-state index contributed by atoms with van der Waals surface area (Å²) in [4.78, 5) is 12.6. The molecule has 1 atom stereocenters. The van der Waals surface area contributed by atoms with Crippen molar-refractivity contribution in [2.45, 2.75) is 64.9 Å². The third kappa shape index (κ3) is 5.55. The van der Waals surface area contributed by atoms with Gasteiger partial charge in [0.25, 0.3) is 0 Å². The maximum absolute atomic E-state index is 12.9. The maximum atomic E-state index is 12.9. The Morgan fingerprint density at radius 3 is 2.46 bits per heavy atom. The molecule has 2 heterocycles. The van der Waals surface area contributed by atoms with Crippen LogP contribution in [0.2, 0.25) is 0 Å². The second-order valence-electron chi connectivity index (χ2n) is 7.75. The van der Waals surface area contributed by atoms with Crippen LogP contribution in [0.5, 0.6) is 0 Å². The standard InChI is InChI=1S/C19H33N3O5S/c1-13(2)26-12-6-9-20-19(23)14(3)17-7-10-22(11-8-17)28(24,25)18-15(4)21-27-16(18)5/h13-14,17H,6-12H2,1-5H3,(H,20,23)/t14-/m1/s1. The molecule has 0 aliphatic carbocycles. The maximum Gasteiger partial charge on any atom is 0.248 e. The van der Waals surface area contributed by atoms with Crippen molar-refractivity contribution < 1.29 is 22.5 Å². The molecule has 1 saturated heterocycles. The van der Waals surface area contributed by atoms with Crippen molar-refractivity contribution in [2.75, 3.05) is 26.2 Å². The third-order valence-electron chi connectivity index (χ3n) is 5.26. The molecule has 1 fully saturated rings. The highest BCUT2D eigenvalue weighted by molar-refractivity contribution is 7.89. The van der Waals surface area contributed by atoms with Crippen molar-refractivity contribution in [1.29, 1.82) is 0 Å². The number of sulfonamides is 1. The molecule has 9 heteroatoms. The summed E-state index contributed by atoms with van der Waals surface area (Å²) < 4.78 is 37.7. The smallest absolute Gasteiger partial charge is 0.248 e. The van der Waals surface area contributed by atoms with E-state index in [9.17, 15) is 13.2 Å². The first-order valence-electron chi connectivity index (χ1n) is 9.97. The zero-order valence-corrected chi connectivity index (χ0v) is 18.3. The first-order valence-corrected chi connectivity index (χ1v) is 11.4. The molecule has 0 saturated carbocycles. The van der Waals surface area contributed by atoms with E-state index in [1.54, 1.807) is 13.8 Å². The minimum Gasteiger partial charge on any atom is -0.379 e. The normalized spacial score (nSPS) is 17.8. The highest BCUT2D eigenvalue weighted by Gasteiger charge is 2.36. The first-order chi connectivity index (χ1) is 13.1. The van der Waals surface area contributed by atoms with Crippen molar-refractivity contribution in [2.24, 2.45) is 11.8 Å². The summed E-state index contributed by atoms with van der Waals surface area (Å²) in [6.07, 6.45) is 2.30. The van der Waals surface area contributed by atoms with Gasteiger partial charge in [-0.2, -0.15) is 4.31 Å². The van der Waals surface area contributed by atoms with Crippen molar-refractivity contribution in [1.82, 2.24) is 14.8 Å². The molecule has 8 nitrogen and oxygen atoms in total. The van der Waals surface area contributed by atoms with E-state index in [1.807, 2.05) is 20.8 Å². The van der Waals surface area contributed by atoms with Gasteiger partial charge in [-0.05, 0) is 52.9 Å². The zero-order valence-electron chi connectivity index (χ0n) is 17.5. The number of aryl methyl sites for hydroxylation is 2. The summed E-state index contributed by atoms with van der Waals surface area (Å²) in [5.41, 5.74) is 0.383. The fourth-order valence-corrected chi connectivity index (χ4v) is 5.33. The Bertz CT molecular complexity index is 732. The number of aromatic nitrogens is 1. The van der Waals surface area contributed by atoms with Crippen LogP contribution in [-0.4, -0.2) is 56.1 Å². The van der Waals surface area contributed by atoms with E-state index in [0.29, 0.717) is 50.5 Å². The summed E-state index contributed by atoms with van der Waals surface area (Å²) in [6, 6.07) is 0. The molecule has 1 amide bonds. The Labute approximate surface area is 168 Å². The SMILES string of the molecule is Cc1noc(C)c1S(=O)(=O)N1CCC([C@@H](C)C(=O)NCCCOC(C)C)CC1. The van der Waals surface area contributed by atoms with Crippen LogP contribution in [0.25, 0.3) is 0 Å². The fourth-order valence-electron chi connectivity index (χ4n) is 3.57. The Hall–Kier alpha value is -1.45. The van der Waals surface area contributed by atoms with E-state index in [0.717, 1.165) is 6.42 Å². The summed E-state index contributed by atoms with van der Waals surface area (Å²) >= 11 is 0. The van der Waals surface area contributed by atoms with E-state index >= 15 is 0 Å². The van der Waals surface area contributed by atoms with E-state index in [2.05, 4.69) is 10.5 Å². The topological polar surface area (TPSA) is 102 Å². The molecule has 0 aromatic carbocycles. The molecule has 0 bridgehead atoms. The molecule has 0 spiro atoms. The van der Waals surface area contributed by atoms with Gasteiger partial charge < -0.3 is 14.6 Å². The van der Waals surface area contributed by atoms with Crippen molar-refractivity contribution >= 4 is 15.9 Å². The molecular formula is C19H33N3O5S. The van der Waals surface area contributed by atoms with Crippen LogP contribution < -0.4 is 5.32 Å². The highest BCUT2D eigenvalue weighted by Crippen LogP contribution is 2.30. The van der Waals surface area contributed by atoms with E-state index in [4.69, 9.17) is 9.26 Å². The van der Waals surface area contributed by atoms with Crippen LogP contribution in [0.4, 0.5) is 0 Å². The average Bonchev–Trinajstić information content (AvgIpc) is 2.99. The predicted molar refractivity (Wildman–Crippen MR) is 105 cm³/mol. The number of ether oxygens (including phenoxy) is 1. The van der Waals surface area contributed by atoms with E-state index in [1.165, 1.54) is 4.31 Å². The van der Waals surface area contributed by atoms with Gasteiger partial charge in [0.15, 0.2) is 5.76 Å². The number of nitrogens with one attached hydrogen (secondary N) is 1. The van der Waals surface area contributed by atoms with Gasteiger partial charge in [-0.1, -0.05) is 12.1 Å². The number of hydrogen-bond donors (Lipinski definition) is 1. The van der Waals surface area contributed by atoms with Gasteiger partial charge in [0.05, 0.1) is 6.10 Å². The molecule has 1 aromatic heterocycles. The largest absolute Gasteiger partial charge is 0.379 e. The number of carbonyl (C=O) groups is 1. The molecule has 0 unspecified atom stereocenters. The Morgan fingerprint density at radius 1 is 1.29 bits per heavy atom. The lowest BCUT2D eigenvalue weighted by Gasteiger charge is -2.33. The predicted octanol–water partition coefficient (Wildman–Crippen LogP) is 2.26. The third-order valence-corrected chi connectivity index (χ3v) is 7.40. The average molecular weight is 416 g/mol. The number of piperidine rings is 1. The second kappa shape index (κ2) is 9.84. The Balaban J connectivity index is 1.83. The van der Waals surface area contributed by atoms with Crippen LogP contribution in [0.15, 0.2) is 9.42 Å². The minimum atomic E-state index is -3.61. The number of hydrogen-bond acceptors (Lipinski definition) is 6. The quantitative estimate of drug-likeness (QED) is 0.621. The molecule has 2 rings (SSSR count). The molecule has 160 valence electrons. The summed E-state index contributed by atoms with van der Waals surface area (Å²) in [5.74, 6) is 0.364. The van der Waals surface area contributed by atoms with Gasteiger partial charge in [0.2, 0.25) is 15.9 Å². The minimum absolute atomic E-state index is 0.0246. The molecule has 1 aromatic rings. The first kappa shape index (κ1) is 22.8. The van der Waals surface area contributed by atoms with Gasteiger partial charge in [-0.15, -0.1) is 0 Å². The molecular weight excluding hydrogens is 382 g/mol. The van der Waals surface area contributed by atoms with Gasteiger partial charge in [0.1, 0.15) is 10.6 Å². The lowest BCUT2D eigenvalue weighted by Crippen LogP contribution is -2.43. The second-order valence-corrected chi connectivity index (χ2v) is 9.62. The Morgan fingerprint density at radius 2 is 1.93 bits per heavy atom. The Kier molecular flexibility index (Phi) is 8.03. The molecule has 1 aliphatic heterocycles. The molecule has 1 aliphatic rings.